The van der Waals surface area contributed by atoms with Crippen LogP contribution in [0.4, 0.5) is 9.18 Å². The molecule has 0 saturated carbocycles. The van der Waals surface area contributed by atoms with Crippen LogP contribution in [0.5, 0.6) is 0 Å². The van der Waals surface area contributed by atoms with Crippen molar-refractivity contribution in [1.29, 1.82) is 0 Å². The van der Waals surface area contributed by atoms with E-state index in [4.69, 9.17) is 5.11 Å². The first-order chi connectivity index (χ1) is 13.6. The number of fused-ring (bicyclic) bond motifs is 4. The van der Waals surface area contributed by atoms with Gasteiger partial charge in [-0.05, 0) is 68.4 Å². The Morgan fingerprint density at radius 3 is 1.89 bits per heavy atom. The highest BCUT2D eigenvalue weighted by atomic mass is 19.1. The van der Waals surface area contributed by atoms with Crippen LogP contribution in [0, 0.1) is 11.7 Å². The van der Waals surface area contributed by atoms with Gasteiger partial charge >= 0.3 is 6.09 Å². The summed E-state index contributed by atoms with van der Waals surface area (Å²) in [5, 5.41) is 8.77. The van der Waals surface area contributed by atoms with Gasteiger partial charge in [0.15, 0.2) is 0 Å². The van der Waals surface area contributed by atoms with E-state index < -0.39 is 6.09 Å². The van der Waals surface area contributed by atoms with Gasteiger partial charge in [-0.15, -0.1) is 0 Å². The smallest absolute Gasteiger partial charge is 0.407 e. The number of nitrogens with zero attached hydrogens (tertiary/aromatic N) is 2. The van der Waals surface area contributed by atoms with Crippen LogP contribution < -0.4 is 0 Å². The third-order valence-corrected chi connectivity index (χ3v) is 5.71. The van der Waals surface area contributed by atoms with Gasteiger partial charge < -0.3 is 14.9 Å². The van der Waals surface area contributed by atoms with Crippen LogP contribution in [-0.4, -0.2) is 47.2 Å². The average Bonchev–Trinajstić information content (AvgIpc) is 2.77. The number of amides is 1. The van der Waals surface area contributed by atoms with Crippen LogP contribution in [0.2, 0.25) is 0 Å². The normalized spacial score (nSPS) is 22.1. The molecule has 5 heteroatoms. The summed E-state index contributed by atoms with van der Waals surface area (Å²) in [6.07, 6.45) is 3.98. The average molecular weight is 384 g/mol. The van der Waals surface area contributed by atoms with Crippen LogP contribution in [0.15, 0.2) is 54.6 Å². The molecule has 4 heterocycles. The summed E-state index contributed by atoms with van der Waals surface area (Å²) in [5.74, 6) is 0.882. The van der Waals surface area contributed by atoms with Gasteiger partial charge in [-0.3, -0.25) is 0 Å². The molecule has 1 N–H and O–H groups in total. The quantitative estimate of drug-likeness (QED) is 0.719. The standard InChI is InChI=1S/C10H10FNO2.C7H13N.C6H6/c11-9-3-1-2-7-6-12(10(13)14)5-4-8(7)9;1-4-8-5-2-7(1)3-6-8;1-2-4-6-5-3-1/h1-3H,4-6H2,(H,13,14);7H,1-6H2;1-6H. The summed E-state index contributed by atoms with van der Waals surface area (Å²) in [6, 6.07) is 16.8. The third kappa shape index (κ3) is 5.80. The molecule has 4 aliphatic rings. The number of carboxylic acid groups (broad SMARTS) is 1. The van der Waals surface area contributed by atoms with Crippen molar-refractivity contribution in [1.82, 2.24) is 9.80 Å². The summed E-state index contributed by atoms with van der Waals surface area (Å²) < 4.78 is 13.2. The summed E-state index contributed by atoms with van der Waals surface area (Å²) >= 11 is 0. The van der Waals surface area contributed by atoms with Crippen molar-refractivity contribution in [2.24, 2.45) is 5.92 Å². The zero-order valence-electron chi connectivity index (χ0n) is 16.3. The number of rotatable bonds is 0. The molecule has 0 aliphatic carbocycles. The Balaban J connectivity index is 0.000000135. The minimum absolute atomic E-state index is 0.229. The summed E-state index contributed by atoms with van der Waals surface area (Å²) in [7, 11) is 0. The van der Waals surface area contributed by atoms with E-state index >= 15 is 0 Å². The van der Waals surface area contributed by atoms with Gasteiger partial charge in [0.05, 0.1) is 0 Å². The minimum Gasteiger partial charge on any atom is -0.465 e. The molecule has 1 amide bonds. The first-order valence-corrected chi connectivity index (χ1v) is 10.1. The van der Waals surface area contributed by atoms with E-state index in [1.54, 1.807) is 12.1 Å². The number of hydrogen-bond donors (Lipinski definition) is 1. The first-order valence-electron chi connectivity index (χ1n) is 10.1. The van der Waals surface area contributed by atoms with Crippen LogP contribution in [0.25, 0.3) is 0 Å². The Hall–Kier alpha value is -2.40. The maximum absolute atomic E-state index is 13.2. The fraction of sp³-hybridized carbons (Fsp3) is 0.435. The highest BCUT2D eigenvalue weighted by Crippen LogP contribution is 2.26. The Morgan fingerprint density at radius 1 is 0.893 bits per heavy atom. The van der Waals surface area contributed by atoms with Gasteiger partial charge in [0.2, 0.25) is 0 Å². The van der Waals surface area contributed by atoms with E-state index in [1.807, 2.05) is 36.4 Å². The SMILES string of the molecule is C1CN2CCC1CC2.O=C(O)N1CCc2c(F)cccc2C1.c1ccccc1. The molecular weight excluding hydrogens is 355 g/mol. The fourth-order valence-corrected chi connectivity index (χ4v) is 3.97. The second-order valence-corrected chi connectivity index (χ2v) is 7.56. The maximum Gasteiger partial charge on any atom is 0.407 e. The third-order valence-electron chi connectivity index (χ3n) is 5.71. The van der Waals surface area contributed by atoms with Crippen LogP contribution in [-0.2, 0) is 13.0 Å². The number of piperidine rings is 3. The zero-order chi connectivity index (χ0) is 19.8. The van der Waals surface area contributed by atoms with Gasteiger partial charge in [0, 0.05) is 13.1 Å². The molecule has 2 aromatic rings. The van der Waals surface area contributed by atoms with E-state index in [-0.39, 0.29) is 5.82 Å². The van der Waals surface area contributed by atoms with E-state index in [2.05, 4.69) is 4.90 Å². The van der Waals surface area contributed by atoms with Crippen molar-refractivity contribution in [3.05, 3.63) is 71.5 Å². The molecule has 6 rings (SSSR count). The summed E-state index contributed by atoms with van der Waals surface area (Å²) in [4.78, 5) is 14.6. The van der Waals surface area contributed by atoms with Crippen LogP contribution in [0.1, 0.15) is 30.4 Å². The van der Waals surface area contributed by atoms with Crippen molar-refractivity contribution in [2.45, 2.75) is 32.2 Å². The highest BCUT2D eigenvalue weighted by molar-refractivity contribution is 5.65. The number of hydrogen-bond acceptors (Lipinski definition) is 2. The predicted octanol–water partition coefficient (Wildman–Crippen LogP) is 4.65. The second-order valence-electron chi connectivity index (χ2n) is 7.56. The zero-order valence-corrected chi connectivity index (χ0v) is 16.3. The topological polar surface area (TPSA) is 43.8 Å². The second kappa shape index (κ2) is 10.2. The molecular formula is C23H29FN2O2. The van der Waals surface area contributed by atoms with E-state index in [1.165, 1.54) is 49.9 Å². The fourth-order valence-electron chi connectivity index (χ4n) is 3.97. The lowest BCUT2D eigenvalue weighted by Gasteiger charge is -2.38. The molecule has 0 aromatic heterocycles. The first kappa shape index (κ1) is 20.3. The molecule has 2 bridgehead atoms. The van der Waals surface area contributed by atoms with Crippen molar-refractivity contribution < 1.29 is 14.3 Å². The van der Waals surface area contributed by atoms with Crippen molar-refractivity contribution in [2.75, 3.05) is 26.2 Å². The molecule has 0 spiro atoms. The van der Waals surface area contributed by atoms with E-state index in [9.17, 15) is 9.18 Å². The largest absolute Gasteiger partial charge is 0.465 e. The molecule has 3 saturated heterocycles. The number of benzene rings is 2. The maximum atomic E-state index is 13.2. The van der Waals surface area contributed by atoms with E-state index in [0.717, 1.165) is 11.5 Å². The predicted molar refractivity (Wildman–Crippen MR) is 109 cm³/mol. The summed E-state index contributed by atoms with van der Waals surface area (Å²) in [6.45, 7) is 4.85. The Kier molecular flexibility index (Phi) is 7.43. The van der Waals surface area contributed by atoms with Crippen molar-refractivity contribution >= 4 is 6.09 Å². The van der Waals surface area contributed by atoms with Crippen LogP contribution >= 0.6 is 0 Å². The van der Waals surface area contributed by atoms with Gasteiger partial charge in [-0.2, -0.15) is 0 Å². The molecule has 2 aromatic carbocycles. The Bertz CT molecular complexity index is 696. The Morgan fingerprint density at radius 2 is 1.46 bits per heavy atom. The number of halogens is 1. The molecule has 150 valence electrons. The van der Waals surface area contributed by atoms with Gasteiger partial charge in [-0.1, -0.05) is 48.5 Å². The van der Waals surface area contributed by atoms with Crippen LogP contribution in [0.3, 0.4) is 0 Å². The number of carbonyl (C=O) groups is 1. The molecule has 4 aliphatic heterocycles. The Labute approximate surface area is 166 Å². The molecule has 3 fully saturated rings. The minimum atomic E-state index is -0.945. The van der Waals surface area contributed by atoms with Gasteiger partial charge in [-0.25, -0.2) is 9.18 Å². The molecule has 28 heavy (non-hydrogen) atoms. The van der Waals surface area contributed by atoms with E-state index in [0.29, 0.717) is 25.1 Å². The van der Waals surface area contributed by atoms with Crippen molar-refractivity contribution in [3.8, 4) is 0 Å². The highest BCUT2D eigenvalue weighted by Gasteiger charge is 2.24. The van der Waals surface area contributed by atoms with Gasteiger partial charge in [0.1, 0.15) is 5.82 Å². The van der Waals surface area contributed by atoms with Crippen molar-refractivity contribution in [3.63, 3.8) is 0 Å². The summed E-state index contributed by atoms with van der Waals surface area (Å²) in [5.41, 5.74) is 1.43. The molecule has 4 nitrogen and oxygen atoms in total. The molecule has 0 radical (unpaired) electrons. The monoisotopic (exact) mass is 384 g/mol. The lowest BCUT2D eigenvalue weighted by molar-refractivity contribution is 0.111. The lowest BCUT2D eigenvalue weighted by Crippen LogP contribution is -2.41. The molecule has 0 atom stereocenters. The lowest BCUT2D eigenvalue weighted by atomic mass is 9.89. The molecule has 0 unspecified atom stereocenters. The van der Waals surface area contributed by atoms with Gasteiger partial charge in [0.25, 0.3) is 0 Å².